The van der Waals surface area contributed by atoms with Crippen molar-refractivity contribution in [3.8, 4) is 0 Å². The summed E-state index contributed by atoms with van der Waals surface area (Å²) in [6.45, 7) is 14.3. The molecule has 0 nitrogen and oxygen atoms in total. The molecule has 3 aromatic carbocycles. The van der Waals surface area contributed by atoms with Crippen LogP contribution in [0.4, 0.5) is 0 Å². The summed E-state index contributed by atoms with van der Waals surface area (Å²) in [4.78, 5) is 0. The van der Waals surface area contributed by atoms with E-state index in [9.17, 15) is 0 Å². The van der Waals surface area contributed by atoms with Gasteiger partial charge in [0.15, 0.2) is 0 Å². The summed E-state index contributed by atoms with van der Waals surface area (Å²) in [5.41, 5.74) is 0. The van der Waals surface area contributed by atoms with E-state index in [1.807, 2.05) is 0 Å². The molecule has 0 heterocycles. The number of rotatable bonds is 12. The minimum absolute atomic E-state index is 0.849. The van der Waals surface area contributed by atoms with Gasteiger partial charge in [-0.25, -0.2) is 0 Å². The first kappa shape index (κ1) is 28.5. The zero-order chi connectivity index (χ0) is 24.5. The first-order valence-electron chi connectivity index (χ1n) is 12.9. The van der Waals surface area contributed by atoms with Gasteiger partial charge >= 0.3 is 230 Å². The van der Waals surface area contributed by atoms with Crippen LogP contribution in [0, 0.1) is 0 Å². The van der Waals surface area contributed by atoms with Crippen molar-refractivity contribution in [2.24, 2.45) is 0 Å². The van der Waals surface area contributed by atoms with E-state index in [2.05, 4.69) is 114 Å². The van der Waals surface area contributed by atoms with Gasteiger partial charge in [-0.05, 0) is 0 Å². The fraction of sp³-hybridized carbons (Fsp3) is 0.400. The molecule has 0 aromatic heterocycles. The molecule has 0 amide bonds. The third-order valence-corrected chi connectivity index (χ3v) is 27.9. The van der Waals surface area contributed by atoms with Gasteiger partial charge in [0, 0.05) is 0 Å². The molecule has 0 unspecified atom stereocenters. The Morgan fingerprint density at radius 1 is 0.324 bits per heavy atom. The van der Waals surface area contributed by atoms with Crippen LogP contribution < -0.4 is 26.1 Å². The molecule has 0 saturated carbocycles. The predicted octanol–water partition coefficient (Wildman–Crippen LogP) is 4.43. The molecular formula is C30H42As4. The van der Waals surface area contributed by atoms with Gasteiger partial charge in [0.1, 0.15) is 0 Å². The van der Waals surface area contributed by atoms with E-state index >= 15 is 0 Å². The SMILES string of the molecule is CC[As](CC)c1ccc([As](c2ccc([As](CC)CC)cc2)c2ccc([As](CC)CC)cc2)cc1. The van der Waals surface area contributed by atoms with Crippen molar-refractivity contribution in [1.29, 1.82) is 0 Å². The van der Waals surface area contributed by atoms with Crippen molar-refractivity contribution in [3.05, 3.63) is 72.8 Å². The van der Waals surface area contributed by atoms with Crippen molar-refractivity contribution < 1.29 is 0 Å². The summed E-state index contributed by atoms with van der Waals surface area (Å²) in [7, 11) is 0. The Morgan fingerprint density at radius 2 is 0.500 bits per heavy atom. The Bertz CT molecular complexity index is 836. The molecule has 3 rings (SSSR count). The van der Waals surface area contributed by atoms with Gasteiger partial charge in [-0.2, -0.15) is 0 Å². The van der Waals surface area contributed by atoms with E-state index in [0.29, 0.717) is 0 Å². The average Bonchev–Trinajstić information content (AvgIpc) is 2.89. The van der Waals surface area contributed by atoms with Gasteiger partial charge in [0.2, 0.25) is 0 Å². The summed E-state index contributed by atoms with van der Waals surface area (Å²) in [5, 5.41) is 8.21. The van der Waals surface area contributed by atoms with Gasteiger partial charge in [0.05, 0.1) is 0 Å². The van der Waals surface area contributed by atoms with E-state index in [-0.39, 0.29) is 0 Å². The zero-order valence-electron chi connectivity index (χ0n) is 22.0. The quantitative estimate of drug-likeness (QED) is 0.246. The van der Waals surface area contributed by atoms with Crippen molar-refractivity contribution in [3.63, 3.8) is 0 Å². The summed E-state index contributed by atoms with van der Waals surface area (Å²) < 4.78 is 9.71. The van der Waals surface area contributed by atoms with Gasteiger partial charge in [0.25, 0.3) is 0 Å². The van der Waals surface area contributed by atoms with Crippen LogP contribution in [0.5, 0.6) is 0 Å². The molecule has 0 radical (unpaired) electrons. The van der Waals surface area contributed by atoms with Gasteiger partial charge < -0.3 is 0 Å². The molecule has 0 spiro atoms. The maximum absolute atomic E-state index is 2.50. The van der Waals surface area contributed by atoms with Crippen LogP contribution in [0.15, 0.2) is 72.8 Å². The van der Waals surface area contributed by atoms with Crippen LogP contribution in [0.2, 0.25) is 31.3 Å². The minimum atomic E-state index is -1.56. The Hall–Kier alpha value is -0.106. The molecule has 3 aromatic rings. The molecule has 0 aliphatic heterocycles. The van der Waals surface area contributed by atoms with Gasteiger partial charge in [-0.1, -0.05) is 0 Å². The monoisotopic (exact) mass is 702 g/mol. The van der Waals surface area contributed by atoms with Crippen molar-refractivity contribution in [2.75, 3.05) is 0 Å². The zero-order valence-corrected chi connectivity index (χ0v) is 29.5. The molecule has 0 atom stereocenters. The third kappa shape index (κ3) is 7.01. The van der Waals surface area contributed by atoms with Crippen molar-refractivity contribution >= 4 is 84.7 Å². The fourth-order valence-corrected chi connectivity index (χ4v) is 20.3. The second kappa shape index (κ2) is 14.6. The Balaban J connectivity index is 2.01. The number of hydrogen-bond donors (Lipinski definition) is 0. The van der Waals surface area contributed by atoms with Gasteiger partial charge in [-0.15, -0.1) is 0 Å². The topological polar surface area (TPSA) is 0 Å². The standard InChI is InChI=1S/C30H42As4/c1-7-31(8-2)25-13-19-28(20-14-25)34(29-21-15-26(16-22-29)32(9-3)10-4)30-23-17-27(18-24-30)33(11-5)12-6/h13-24H,7-12H2,1-6H3. The Kier molecular flexibility index (Phi) is 12.2. The summed E-state index contributed by atoms with van der Waals surface area (Å²) >= 11 is -4.10. The number of hydrogen-bond acceptors (Lipinski definition) is 0. The first-order chi connectivity index (χ1) is 16.6. The Morgan fingerprint density at radius 3 is 0.676 bits per heavy atom. The van der Waals surface area contributed by atoms with Crippen LogP contribution in [0.3, 0.4) is 0 Å². The van der Waals surface area contributed by atoms with Crippen LogP contribution in [-0.2, 0) is 0 Å². The summed E-state index contributed by atoms with van der Waals surface area (Å²) in [6.07, 6.45) is 0. The molecular weight excluding hydrogens is 660 g/mol. The predicted molar refractivity (Wildman–Crippen MR) is 163 cm³/mol. The second-order valence-corrected chi connectivity index (χ2v) is 31.1. The van der Waals surface area contributed by atoms with E-state index < -0.39 is 58.6 Å². The third-order valence-electron chi connectivity index (χ3n) is 6.71. The van der Waals surface area contributed by atoms with E-state index in [1.54, 1.807) is 26.1 Å². The molecule has 34 heavy (non-hydrogen) atoms. The molecule has 0 saturated heterocycles. The van der Waals surface area contributed by atoms with Crippen molar-refractivity contribution in [2.45, 2.75) is 72.8 Å². The maximum atomic E-state index is 2.50. The molecule has 0 fully saturated rings. The normalized spacial score (nSPS) is 11.8. The summed E-state index contributed by atoms with van der Waals surface area (Å²) in [6, 6.07) is 29.9. The van der Waals surface area contributed by atoms with Crippen LogP contribution in [0.1, 0.15) is 41.5 Å². The molecule has 182 valence electrons. The molecule has 0 N–H and O–H groups in total. The van der Waals surface area contributed by atoms with Crippen LogP contribution in [-0.4, -0.2) is 58.6 Å². The molecule has 0 aliphatic rings. The van der Waals surface area contributed by atoms with Crippen LogP contribution >= 0.6 is 0 Å². The van der Waals surface area contributed by atoms with E-state index in [4.69, 9.17) is 0 Å². The Labute approximate surface area is 228 Å². The number of benzene rings is 3. The van der Waals surface area contributed by atoms with E-state index in [1.165, 1.54) is 31.3 Å². The van der Waals surface area contributed by atoms with Crippen molar-refractivity contribution in [1.82, 2.24) is 0 Å². The first-order valence-corrected chi connectivity index (χ1v) is 26.5. The summed E-state index contributed by atoms with van der Waals surface area (Å²) in [5.74, 6) is 0. The van der Waals surface area contributed by atoms with E-state index in [0.717, 1.165) is 0 Å². The van der Waals surface area contributed by atoms with Gasteiger partial charge in [-0.3, -0.25) is 0 Å². The molecule has 0 bridgehead atoms. The molecule has 0 aliphatic carbocycles. The fourth-order valence-electron chi connectivity index (χ4n) is 4.65. The second-order valence-electron chi connectivity index (χ2n) is 8.40. The average molecular weight is 702 g/mol. The van der Waals surface area contributed by atoms with Crippen LogP contribution in [0.25, 0.3) is 0 Å². The molecule has 4 heteroatoms.